The van der Waals surface area contributed by atoms with E-state index in [4.69, 9.17) is 0 Å². The molecule has 0 aliphatic heterocycles. The molecule has 0 spiro atoms. The molecule has 1 saturated carbocycles. The summed E-state index contributed by atoms with van der Waals surface area (Å²) in [4.78, 5) is 4.64. The van der Waals surface area contributed by atoms with Crippen molar-refractivity contribution in [3.63, 3.8) is 0 Å². The molecule has 0 aromatic carbocycles. The van der Waals surface area contributed by atoms with Crippen LogP contribution < -0.4 is 0 Å². The number of aromatic nitrogens is 1. The zero-order valence-corrected chi connectivity index (χ0v) is 9.29. The van der Waals surface area contributed by atoms with Gasteiger partial charge >= 0.3 is 0 Å². The Morgan fingerprint density at radius 1 is 1.40 bits per heavy atom. The molecule has 2 rings (SSSR count). The molecule has 0 saturated heterocycles. The molecule has 1 nitrogen and oxygen atoms in total. The van der Waals surface area contributed by atoms with Gasteiger partial charge in [0.15, 0.2) is 0 Å². The molecule has 78 valence electrons. The molecule has 1 aliphatic carbocycles. The van der Waals surface area contributed by atoms with Crippen molar-refractivity contribution in [2.45, 2.75) is 32.1 Å². The highest BCUT2D eigenvalue weighted by Gasteiger charge is 2.26. The number of pyridine rings is 1. The molecule has 0 unspecified atom stereocenters. The average Bonchev–Trinajstić information content (AvgIpc) is 3.10. The standard InChI is InChI=1S/C14H17N/c1-4-10-9-14(11-7-8-11)15-13(6-3)12(10)5-2/h5-6,9,11H,2-4,7-8H2,1H3. The number of hydrogen-bond acceptors (Lipinski definition) is 1. The summed E-state index contributed by atoms with van der Waals surface area (Å²) < 4.78 is 0. The van der Waals surface area contributed by atoms with Crippen molar-refractivity contribution < 1.29 is 0 Å². The second-order valence-electron chi connectivity index (χ2n) is 4.04. The summed E-state index contributed by atoms with van der Waals surface area (Å²) in [7, 11) is 0. The van der Waals surface area contributed by atoms with E-state index in [1.807, 2.05) is 12.2 Å². The zero-order valence-electron chi connectivity index (χ0n) is 9.29. The Morgan fingerprint density at radius 2 is 2.13 bits per heavy atom. The van der Waals surface area contributed by atoms with E-state index in [2.05, 4.69) is 31.1 Å². The quantitative estimate of drug-likeness (QED) is 0.718. The van der Waals surface area contributed by atoms with Gasteiger partial charge in [-0.25, -0.2) is 0 Å². The van der Waals surface area contributed by atoms with E-state index < -0.39 is 0 Å². The Labute approximate surface area is 91.6 Å². The Bertz CT molecular complexity index is 400. The van der Waals surface area contributed by atoms with Crippen molar-refractivity contribution in [3.8, 4) is 0 Å². The zero-order chi connectivity index (χ0) is 10.8. The largest absolute Gasteiger partial charge is 0.253 e. The average molecular weight is 199 g/mol. The van der Waals surface area contributed by atoms with Gasteiger partial charge in [-0.15, -0.1) is 0 Å². The lowest BCUT2D eigenvalue weighted by molar-refractivity contribution is 0.984. The summed E-state index contributed by atoms with van der Waals surface area (Å²) in [5.74, 6) is 0.702. The Morgan fingerprint density at radius 3 is 2.60 bits per heavy atom. The molecule has 0 N–H and O–H groups in total. The van der Waals surface area contributed by atoms with Crippen LogP contribution in [-0.4, -0.2) is 4.98 Å². The van der Waals surface area contributed by atoms with Gasteiger partial charge in [0.25, 0.3) is 0 Å². The van der Waals surface area contributed by atoms with Crippen molar-refractivity contribution >= 4 is 12.2 Å². The molecule has 1 fully saturated rings. The summed E-state index contributed by atoms with van der Waals surface area (Å²) in [6.07, 6.45) is 7.34. The van der Waals surface area contributed by atoms with Gasteiger partial charge in [0.05, 0.1) is 5.69 Å². The maximum atomic E-state index is 4.64. The van der Waals surface area contributed by atoms with Crippen LogP contribution >= 0.6 is 0 Å². The molecule has 1 heteroatoms. The number of aryl methyl sites for hydroxylation is 1. The fraction of sp³-hybridized carbons (Fsp3) is 0.357. The SMILES string of the molecule is C=Cc1nc(C2CC2)cc(CC)c1C=C. The summed E-state index contributed by atoms with van der Waals surface area (Å²) >= 11 is 0. The lowest BCUT2D eigenvalue weighted by Gasteiger charge is -2.10. The van der Waals surface area contributed by atoms with E-state index >= 15 is 0 Å². The van der Waals surface area contributed by atoms with E-state index in [1.165, 1.54) is 24.1 Å². The van der Waals surface area contributed by atoms with Crippen molar-refractivity contribution in [3.05, 3.63) is 41.7 Å². The summed E-state index contributed by atoms with van der Waals surface area (Å²) in [5.41, 5.74) is 4.73. The number of rotatable bonds is 4. The van der Waals surface area contributed by atoms with Gasteiger partial charge in [0.2, 0.25) is 0 Å². The predicted octanol–water partition coefficient (Wildman–Crippen LogP) is 3.81. The minimum atomic E-state index is 0.702. The molecular formula is C14H17N. The fourth-order valence-electron chi connectivity index (χ4n) is 1.92. The minimum Gasteiger partial charge on any atom is -0.253 e. The molecule has 15 heavy (non-hydrogen) atoms. The van der Waals surface area contributed by atoms with Crippen molar-refractivity contribution in [2.75, 3.05) is 0 Å². The van der Waals surface area contributed by atoms with Gasteiger partial charge in [-0.1, -0.05) is 26.2 Å². The van der Waals surface area contributed by atoms with Crippen LogP contribution in [0.5, 0.6) is 0 Å². The molecule has 1 aromatic rings. The van der Waals surface area contributed by atoms with Gasteiger partial charge in [-0.3, -0.25) is 4.98 Å². The number of hydrogen-bond donors (Lipinski definition) is 0. The molecule has 0 bridgehead atoms. The van der Waals surface area contributed by atoms with Crippen LogP contribution in [0.2, 0.25) is 0 Å². The van der Waals surface area contributed by atoms with E-state index in [1.54, 1.807) is 0 Å². The van der Waals surface area contributed by atoms with Crippen molar-refractivity contribution in [2.24, 2.45) is 0 Å². The topological polar surface area (TPSA) is 12.9 Å². The van der Waals surface area contributed by atoms with E-state index in [-0.39, 0.29) is 0 Å². The van der Waals surface area contributed by atoms with Crippen LogP contribution in [0.15, 0.2) is 19.2 Å². The van der Waals surface area contributed by atoms with Crippen LogP contribution in [0.3, 0.4) is 0 Å². The monoisotopic (exact) mass is 199 g/mol. The first-order valence-electron chi connectivity index (χ1n) is 5.58. The lowest BCUT2D eigenvalue weighted by atomic mass is 10.0. The van der Waals surface area contributed by atoms with E-state index in [9.17, 15) is 0 Å². The van der Waals surface area contributed by atoms with E-state index in [0.29, 0.717) is 5.92 Å². The maximum absolute atomic E-state index is 4.64. The summed E-state index contributed by atoms with van der Waals surface area (Å²) in [5, 5.41) is 0. The van der Waals surface area contributed by atoms with Crippen LogP contribution in [0, 0.1) is 0 Å². The molecule has 1 heterocycles. The highest BCUT2D eigenvalue weighted by atomic mass is 14.7. The minimum absolute atomic E-state index is 0.702. The Hall–Kier alpha value is -1.37. The second kappa shape index (κ2) is 4.01. The highest BCUT2D eigenvalue weighted by molar-refractivity contribution is 5.64. The third kappa shape index (κ3) is 1.87. The van der Waals surface area contributed by atoms with Crippen molar-refractivity contribution in [1.82, 2.24) is 4.98 Å². The molecular weight excluding hydrogens is 182 g/mol. The number of nitrogens with zero attached hydrogens (tertiary/aromatic N) is 1. The van der Waals surface area contributed by atoms with Crippen molar-refractivity contribution in [1.29, 1.82) is 0 Å². The normalized spacial score (nSPS) is 15.0. The van der Waals surface area contributed by atoms with Gasteiger partial charge < -0.3 is 0 Å². The van der Waals surface area contributed by atoms with Gasteiger partial charge in [-0.05, 0) is 37.0 Å². The third-order valence-corrected chi connectivity index (χ3v) is 2.97. The summed E-state index contributed by atoms with van der Waals surface area (Å²) in [6.45, 7) is 9.85. The van der Waals surface area contributed by atoms with Crippen LogP contribution in [0.25, 0.3) is 12.2 Å². The first-order chi connectivity index (χ1) is 7.30. The maximum Gasteiger partial charge on any atom is 0.0702 e. The fourth-order valence-corrected chi connectivity index (χ4v) is 1.92. The van der Waals surface area contributed by atoms with Gasteiger partial charge in [-0.2, -0.15) is 0 Å². The first-order valence-corrected chi connectivity index (χ1v) is 5.58. The molecule has 1 aromatic heterocycles. The van der Waals surface area contributed by atoms with Gasteiger partial charge in [0.1, 0.15) is 0 Å². The van der Waals surface area contributed by atoms with Crippen LogP contribution in [0.4, 0.5) is 0 Å². The molecule has 0 amide bonds. The van der Waals surface area contributed by atoms with Gasteiger partial charge in [0, 0.05) is 17.2 Å². The second-order valence-corrected chi connectivity index (χ2v) is 4.04. The smallest absolute Gasteiger partial charge is 0.0702 e. The highest BCUT2D eigenvalue weighted by Crippen LogP contribution is 2.40. The molecule has 0 radical (unpaired) electrons. The molecule has 1 aliphatic rings. The van der Waals surface area contributed by atoms with E-state index in [0.717, 1.165) is 17.7 Å². The molecule has 0 atom stereocenters. The Balaban J connectivity index is 2.54. The third-order valence-electron chi connectivity index (χ3n) is 2.97. The van der Waals surface area contributed by atoms with Crippen LogP contribution in [0.1, 0.15) is 48.2 Å². The van der Waals surface area contributed by atoms with Crippen LogP contribution in [-0.2, 0) is 6.42 Å². The predicted molar refractivity (Wildman–Crippen MR) is 65.8 cm³/mol. The lowest BCUT2D eigenvalue weighted by Crippen LogP contribution is -1.98. The Kier molecular flexibility index (Phi) is 2.72. The first kappa shape index (κ1) is 10.2. The summed E-state index contributed by atoms with van der Waals surface area (Å²) in [6, 6.07) is 2.24.